The summed E-state index contributed by atoms with van der Waals surface area (Å²) in [4.78, 5) is 35.4. The van der Waals surface area contributed by atoms with Crippen LogP contribution in [0.4, 0.5) is 0 Å². The van der Waals surface area contributed by atoms with E-state index in [1.807, 2.05) is 0 Å². The maximum Gasteiger partial charge on any atom is 0.337 e. The molecule has 7 heteroatoms. The van der Waals surface area contributed by atoms with Crippen LogP contribution < -0.4 is 0 Å². The van der Waals surface area contributed by atoms with E-state index in [1.54, 1.807) is 6.92 Å². The highest BCUT2D eigenvalue weighted by Gasteiger charge is 2.48. The first-order chi connectivity index (χ1) is 9.91. The minimum atomic E-state index is -1.71. The molecule has 0 fully saturated rings. The van der Waals surface area contributed by atoms with Crippen molar-refractivity contribution in [3.05, 3.63) is 23.8 Å². The summed E-state index contributed by atoms with van der Waals surface area (Å²) in [5.41, 5.74) is -1.66. The van der Waals surface area contributed by atoms with Crippen molar-refractivity contribution in [2.24, 2.45) is 5.41 Å². The molecule has 7 nitrogen and oxygen atoms in total. The van der Waals surface area contributed by atoms with Crippen molar-refractivity contribution in [2.45, 2.75) is 19.4 Å². The Hall–Kier alpha value is -2.15. The van der Waals surface area contributed by atoms with Crippen LogP contribution in [0.25, 0.3) is 0 Å². The molecule has 0 saturated heterocycles. The lowest BCUT2D eigenvalue weighted by Gasteiger charge is -2.32. The molecular formula is C14H18O7. The SMILES string of the molecule is CCOC(=O)CC1(C(=O)OC)C=C(C(=O)OC)C=CC1O. The van der Waals surface area contributed by atoms with Gasteiger partial charge in [-0.05, 0) is 19.1 Å². The van der Waals surface area contributed by atoms with Crippen molar-refractivity contribution in [2.75, 3.05) is 20.8 Å². The number of hydrogen-bond acceptors (Lipinski definition) is 7. The van der Waals surface area contributed by atoms with Crippen LogP contribution in [0.1, 0.15) is 13.3 Å². The van der Waals surface area contributed by atoms with Gasteiger partial charge in [-0.3, -0.25) is 9.59 Å². The van der Waals surface area contributed by atoms with E-state index in [-0.39, 0.29) is 12.2 Å². The molecule has 2 atom stereocenters. The van der Waals surface area contributed by atoms with Crippen LogP contribution >= 0.6 is 0 Å². The van der Waals surface area contributed by atoms with Gasteiger partial charge in [-0.25, -0.2) is 4.79 Å². The Balaban J connectivity index is 3.24. The molecule has 0 aromatic rings. The molecule has 0 spiro atoms. The van der Waals surface area contributed by atoms with Crippen LogP contribution in [0.15, 0.2) is 23.8 Å². The van der Waals surface area contributed by atoms with Crippen LogP contribution in [0.5, 0.6) is 0 Å². The van der Waals surface area contributed by atoms with Crippen molar-refractivity contribution >= 4 is 17.9 Å². The normalized spacial score (nSPS) is 24.0. The molecule has 1 aliphatic carbocycles. The standard InChI is InChI=1S/C14H18O7/c1-4-21-11(16)8-14(13(18)20-3)7-9(12(17)19-2)5-6-10(14)15/h5-7,10,15H,4,8H2,1-3H3. The third-order valence-corrected chi connectivity index (χ3v) is 3.13. The van der Waals surface area contributed by atoms with Gasteiger partial charge in [0, 0.05) is 0 Å². The number of carbonyl (C=O) groups excluding carboxylic acids is 3. The van der Waals surface area contributed by atoms with Crippen molar-refractivity contribution < 1.29 is 33.7 Å². The second kappa shape index (κ2) is 7.03. The number of methoxy groups -OCH3 is 2. The zero-order valence-corrected chi connectivity index (χ0v) is 12.1. The molecule has 0 radical (unpaired) electrons. The number of aliphatic hydroxyl groups is 1. The highest BCUT2D eigenvalue weighted by molar-refractivity contribution is 5.95. The molecule has 1 rings (SSSR count). The monoisotopic (exact) mass is 298 g/mol. The van der Waals surface area contributed by atoms with Crippen molar-refractivity contribution in [3.63, 3.8) is 0 Å². The van der Waals surface area contributed by atoms with Crippen LogP contribution in [0.2, 0.25) is 0 Å². The largest absolute Gasteiger partial charge is 0.468 e. The van der Waals surface area contributed by atoms with Crippen molar-refractivity contribution in [3.8, 4) is 0 Å². The van der Waals surface area contributed by atoms with Gasteiger partial charge in [0.25, 0.3) is 0 Å². The maximum absolute atomic E-state index is 12.1. The minimum absolute atomic E-state index is 0.0532. The average Bonchev–Trinajstić information content (AvgIpc) is 2.48. The van der Waals surface area contributed by atoms with E-state index in [2.05, 4.69) is 9.47 Å². The molecule has 0 aromatic carbocycles. The third kappa shape index (κ3) is 3.49. The highest BCUT2D eigenvalue weighted by atomic mass is 16.5. The summed E-state index contributed by atoms with van der Waals surface area (Å²) in [6, 6.07) is 0. The van der Waals surface area contributed by atoms with Gasteiger partial charge in [0.1, 0.15) is 5.41 Å². The van der Waals surface area contributed by atoms with Crippen LogP contribution in [0, 0.1) is 5.41 Å². The van der Waals surface area contributed by atoms with E-state index in [1.165, 1.54) is 25.3 Å². The fraction of sp³-hybridized carbons (Fsp3) is 0.500. The number of hydrogen-bond donors (Lipinski definition) is 1. The summed E-state index contributed by atoms with van der Waals surface area (Å²) in [5.74, 6) is -2.21. The van der Waals surface area contributed by atoms with Gasteiger partial charge in [-0.1, -0.05) is 6.08 Å². The van der Waals surface area contributed by atoms with Crippen LogP contribution in [-0.4, -0.2) is 49.9 Å². The number of esters is 3. The Bertz CT molecular complexity index is 492. The van der Waals surface area contributed by atoms with E-state index < -0.39 is 35.8 Å². The first kappa shape index (κ1) is 16.9. The zero-order chi connectivity index (χ0) is 16.0. The van der Waals surface area contributed by atoms with Gasteiger partial charge in [0.15, 0.2) is 0 Å². The van der Waals surface area contributed by atoms with E-state index in [4.69, 9.17) is 4.74 Å². The summed E-state index contributed by atoms with van der Waals surface area (Å²) >= 11 is 0. The molecule has 0 heterocycles. The topological polar surface area (TPSA) is 99.1 Å². The van der Waals surface area contributed by atoms with E-state index in [0.29, 0.717) is 0 Å². The van der Waals surface area contributed by atoms with E-state index in [0.717, 1.165) is 7.11 Å². The summed E-state index contributed by atoms with van der Waals surface area (Å²) < 4.78 is 14.0. The van der Waals surface area contributed by atoms with Gasteiger partial charge in [-0.2, -0.15) is 0 Å². The van der Waals surface area contributed by atoms with Gasteiger partial charge in [-0.15, -0.1) is 0 Å². The fourth-order valence-corrected chi connectivity index (χ4v) is 2.07. The smallest absolute Gasteiger partial charge is 0.337 e. The Morgan fingerprint density at radius 1 is 1.29 bits per heavy atom. The maximum atomic E-state index is 12.1. The quantitative estimate of drug-likeness (QED) is 0.569. The molecule has 116 valence electrons. The Morgan fingerprint density at radius 3 is 2.48 bits per heavy atom. The summed E-state index contributed by atoms with van der Waals surface area (Å²) in [7, 11) is 2.32. The average molecular weight is 298 g/mol. The van der Waals surface area contributed by atoms with Gasteiger partial charge in [0.05, 0.1) is 38.9 Å². The fourth-order valence-electron chi connectivity index (χ4n) is 2.07. The Kier molecular flexibility index (Phi) is 5.66. The van der Waals surface area contributed by atoms with Crippen molar-refractivity contribution in [1.29, 1.82) is 0 Å². The van der Waals surface area contributed by atoms with Crippen molar-refractivity contribution in [1.82, 2.24) is 0 Å². The second-order valence-corrected chi connectivity index (χ2v) is 4.41. The number of aliphatic hydroxyl groups excluding tert-OH is 1. The Labute approximate surface area is 122 Å². The van der Waals surface area contributed by atoms with Crippen LogP contribution in [-0.2, 0) is 28.6 Å². The summed E-state index contributed by atoms with van der Waals surface area (Å²) in [5, 5.41) is 10.1. The van der Waals surface area contributed by atoms with Gasteiger partial charge in [0.2, 0.25) is 0 Å². The minimum Gasteiger partial charge on any atom is -0.468 e. The molecule has 0 amide bonds. The molecule has 1 aliphatic rings. The zero-order valence-electron chi connectivity index (χ0n) is 12.1. The van der Waals surface area contributed by atoms with E-state index in [9.17, 15) is 19.5 Å². The number of ether oxygens (including phenoxy) is 3. The first-order valence-corrected chi connectivity index (χ1v) is 6.32. The van der Waals surface area contributed by atoms with E-state index >= 15 is 0 Å². The Morgan fingerprint density at radius 2 is 1.95 bits per heavy atom. The molecule has 1 N–H and O–H groups in total. The molecule has 0 bridgehead atoms. The predicted octanol–water partition coefficient (Wildman–Crippen LogP) is 0.129. The van der Waals surface area contributed by atoms with Gasteiger partial charge >= 0.3 is 17.9 Å². The molecule has 0 saturated carbocycles. The lowest BCUT2D eigenvalue weighted by molar-refractivity contribution is -0.162. The third-order valence-electron chi connectivity index (χ3n) is 3.13. The van der Waals surface area contributed by atoms with Crippen LogP contribution in [0.3, 0.4) is 0 Å². The molecule has 0 aliphatic heterocycles. The second-order valence-electron chi connectivity index (χ2n) is 4.41. The summed E-state index contributed by atoms with van der Waals surface area (Å²) in [6.07, 6.45) is 1.99. The van der Waals surface area contributed by atoms with Gasteiger partial charge < -0.3 is 19.3 Å². The highest BCUT2D eigenvalue weighted by Crippen LogP contribution is 2.36. The predicted molar refractivity (Wildman–Crippen MR) is 70.9 cm³/mol. The number of carbonyl (C=O) groups is 3. The lowest BCUT2D eigenvalue weighted by Crippen LogP contribution is -2.44. The first-order valence-electron chi connectivity index (χ1n) is 6.32. The molecule has 21 heavy (non-hydrogen) atoms. The lowest BCUT2D eigenvalue weighted by atomic mass is 9.74. The molecular weight excluding hydrogens is 280 g/mol. The summed E-state index contributed by atoms with van der Waals surface area (Å²) in [6.45, 7) is 1.76. The molecule has 2 unspecified atom stereocenters. The number of rotatable bonds is 5. The molecule has 0 aromatic heterocycles.